The van der Waals surface area contributed by atoms with Crippen molar-refractivity contribution in [1.82, 2.24) is 10.6 Å². The highest BCUT2D eigenvalue weighted by Gasteiger charge is 2.13. The van der Waals surface area contributed by atoms with Crippen molar-refractivity contribution in [2.75, 3.05) is 6.54 Å². The van der Waals surface area contributed by atoms with Gasteiger partial charge in [0.05, 0.1) is 12.6 Å². The van der Waals surface area contributed by atoms with Gasteiger partial charge < -0.3 is 11.1 Å². The third-order valence-electron chi connectivity index (χ3n) is 2.59. The predicted molar refractivity (Wildman–Crippen MR) is 69.6 cm³/mol. The van der Waals surface area contributed by atoms with E-state index in [-0.39, 0.29) is 12.5 Å². The molecule has 0 saturated heterocycles. The Kier molecular flexibility index (Phi) is 5.87. The number of amides is 2. The van der Waals surface area contributed by atoms with Gasteiger partial charge in [-0.25, -0.2) is 0 Å². The first-order valence-corrected chi connectivity index (χ1v) is 5.96. The van der Waals surface area contributed by atoms with Gasteiger partial charge in [-0.3, -0.25) is 14.9 Å². The van der Waals surface area contributed by atoms with Crippen LogP contribution in [0.4, 0.5) is 0 Å². The molecule has 4 N–H and O–H groups in total. The number of nitrogens with one attached hydrogen (secondary N) is 2. The Morgan fingerprint density at radius 2 is 1.94 bits per heavy atom. The zero-order valence-corrected chi connectivity index (χ0v) is 10.5. The van der Waals surface area contributed by atoms with E-state index < -0.39 is 11.9 Å². The van der Waals surface area contributed by atoms with Crippen LogP contribution >= 0.6 is 0 Å². The summed E-state index contributed by atoms with van der Waals surface area (Å²) >= 11 is 0. The Morgan fingerprint density at radius 3 is 2.50 bits per heavy atom. The van der Waals surface area contributed by atoms with Gasteiger partial charge in [0, 0.05) is 6.54 Å². The van der Waals surface area contributed by atoms with Crippen LogP contribution in [0.15, 0.2) is 30.3 Å². The molecule has 0 bridgehead atoms. The molecule has 2 amide bonds. The molecule has 1 aromatic carbocycles. The van der Waals surface area contributed by atoms with Crippen molar-refractivity contribution in [3.63, 3.8) is 0 Å². The van der Waals surface area contributed by atoms with Crippen molar-refractivity contribution in [1.29, 1.82) is 0 Å². The lowest BCUT2D eigenvalue weighted by Crippen LogP contribution is -2.45. The van der Waals surface area contributed by atoms with Gasteiger partial charge in [-0.05, 0) is 12.0 Å². The fourth-order valence-corrected chi connectivity index (χ4v) is 1.52. The van der Waals surface area contributed by atoms with Gasteiger partial charge in [0.25, 0.3) is 0 Å². The summed E-state index contributed by atoms with van der Waals surface area (Å²) in [4.78, 5) is 22.5. The van der Waals surface area contributed by atoms with Gasteiger partial charge in [0.15, 0.2) is 0 Å². The van der Waals surface area contributed by atoms with E-state index in [0.717, 1.165) is 5.56 Å². The third-order valence-corrected chi connectivity index (χ3v) is 2.59. The summed E-state index contributed by atoms with van der Waals surface area (Å²) < 4.78 is 0. The number of carbonyl (C=O) groups excluding carboxylic acids is 2. The lowest BCUT2D eigenvalue weighted by molar-refractivity contribution is -0.122. The summed E-state index contributed by atoms with van der Waals surface area (Å²) in [5.41, 5.74) is 6.20. The molecular weight excluding hydrogens is 230 g/mol. The summed E-state index contributed by atoms with van der Waals surface area (Å²) in [5, 5.41) is 5.58. The van der Waals surface area contributed by atoms with Gasteiger partial charge in [0.2, 0.25) is 11.8 Å². The van der Waals surface area contributed by atoms with E-state index in [1.165, 1.54) is 0 Å². The van der Waals surface area contributed by atoms with Gasteiger partial charge >= 0.3 is 0 Å². The largest absolute Gasteiger partial charge is 0.368 e. The molecule has 0 heterocycles. The second-order valence-electron chi connectivity index (χ2n) is 4.01. The van der Waals surface area contributed by atoms with Crippen LogP contribution in [0.1, 0.15) is 18.9 Å². The highest BCUT2D eigenvalue weighted by molar-refractivity contribution is 5.82. The Labute approximate surface area is 107 Å². The zero-order valence-electron chi connectivity index (χ0n) is 10.5. The van der Waals surface area contributed by atoms with Crippen molar-refractivity contribution in [2.24, 2.45) is 5.73 Å². The molecular formula is C13H19N3O2. The van der Waals surface area contributed by atoms with Crippen LogP contribution in [0.5, 0.6) is 0 Å². The molecule has 18 heavy (non-hydrogen) atoms. The summed E-state index contributed by atoms with van der Waals surface area (Å²) in [7, 11) is 0. The molecule has 5 nitrogen and oxygen atoms in total. The maximum absolute atomic E-state index is 11.5. The monoisotopic (exact) mass is 249 g/mol. The smallest absolute Gasteiger partial charge is 0.234 e. The summed E-state index contributed by atoms with van der Waals surface area (Å²) in [6.07, 6.45) is 0.571. The van der Waals surface area contributed by atoms with Gasteiger partial charge in [-0.1, -0.05) is 37.3 Å². The number of primary amides is 1. The van der Waals surface area contributed by atoms with Crippen molar-refractivity contribution in [3.05, 3.63) is 35.9 Å². The molecule has 0 aliphatic rings. The molecule has 1 atom stereocenters. The van der Waals surface area contributed by atoms with E-state index in [1.807, 2.05) is 37.3 Å². The molecule has 1 aromatic rings. The fourth-order valence-electron chi connectivity index (χ4n) is 1.52. The predicted octanol–water partition coefficient (Wildman–Crippen LogP) is 0.156. The topological polar surface area (TPSA) is 84.2 Å². The number of rotatable bonds is 7. The van der Waals surface area contributed by atoms with Crippen LogP contribution in [0.25, 0.3) is 0 Å². The number of hydrogen-bond acceptors (Lipinski definition) is 3. The van der Waals surface area contributed by atoms with E-state index in [1.54, 1.807) is 0 Å². The third kappa shape index (κ3) is 4.97. The van der Waals surface area contributed by atoms with E-state index in [9.17, 15) is 9.59 Å². The second kappa shape index (κ2) is 7.45. The summed E-state index contributed by atoms with van der Waals surface area (Å²) in [6.45, 7) is 2.41. The van der Waals surface area contributed by atoms with Crippen LogP contribution < -0.4 is 16.4 Å². The van der Waals surface area contributed by atoms with Crippen LogP contribution in [0.2, 0.25) is 0 Å². The minimum atomic E-state index is -0.451. The molecule has 0 aliphatic carbocycles. The second-order valence-corrected chi connectivity index (χ2v) is 4.01. The average molecular weight is 249 g/mol. The maximum atomic E-state index is 11.5. The first-order valence-electron chi connectivity index (χ1n) is 5.96. The normalized spacial score (nSPS) is 11.8. The van der Waals surface area contributed by atoms with E-state index in [0.29, 0.717) is 13.0 Å². The van der Waals surface area contributed by atoms with Crippen LogP contribution in [0.3, 0.4) is 0 Å². The molecule has 0 spiro atoms. The molecule has 1 rings (SSSR count). The van der Waals surface area contributed by atoms with Gasteiger partial charge in [-0.15, -0.1) is 0 Å². The quantitative estimate of drug-likeness (QED) is 0.643. The number of hydrogen-bond donors (Lipinski definition) is 3. The van der Waals surface area contributed by atoms with Crippen molar-refractivity contribution >= 4 is 11.8 Å². The molecule has 0 fully saturated rings. The summed E-state index contributed by atoms with van der Waals surface area (Å²) in [5.74, 6) is -0.591. The number of benzene rings is 1. The summed E-state index contributed by atoms with van der Waals surface area (Å²) in [6, 6.07) is 9.18. The Morgan fingerprint density at radius 1 is 1.28 bits per heavy atom. The molecule has 98 valence electrons. The van der Waals surface area contributed by atoms with Crippen LogP contribution in [-0.2, 0) is 16.1 Å². The first-order chi connectivity index (χ1) is 8.63. The van der Waals surface area contributed by atoms with Gasteiger partial charge in [0.1, 0.15) is 0 Å². The Hall–Kier alpha value is -1.88. The van der Waals surface area contributed by atoms with E-state index in [2.05, 4.69) is 10.6 Å². The van der Waals surface area contributed by atoms with Crippen molar-refractivity contribution in [2.45, 2.75) is 25.9 Å². The Bertz CT molecular complexity index is 392. The number of carbonyl (C=O) groups is 2. The molecule has 0 radical (unpaired) electrons. The maximum Gasteiger partial charge on any atom is 0.234 e. The molecule has 5 heteroatoms. The SMILES string of the molecule is CCC(NCC(=O)NCc1ccccc1)C(N)=O. The molecule has 0 aliphatic heterocycles. The van der Waals surface area contributed by atoms with Gasteiger partial charge in [-0.2, -0.15) is 0 Å². The molecule has 0 aromatic heterocycles. The lowest BCUT2D eigenvalue weighted by atomic mass is 10.2. The highest BCUT2D eigenvalue weighted by atomic mass is 16.2. The lowest BCUT2D eigenvalue weighted by Gasteiger charge is -2.12. The minimum Gasteiger partial charge on any atom is -0.368 e. The van der Waals surface area contributed by atoms with E-state index >= 15 is 0 Å². The molecule has 0 saturated carbocycles. The minimum absolute atomic E-state index is 0.0915. The van der Waals surface area contributed by atoms with Crippen LogP contribution in [-0.4, -0.2) is 24.4 Å². The highest BCUT2D eigenvalue weighted by Crippen LogP contribution is 1.96. The first kappa shape index (κ1) is 14.2. The fraction of sp³-hybridized carbons (Fsp3) is 0.385. The zero-order chi connectivity index (χ0) is 13.4. The average Bonchev–Trinajstić information content (AvgIpc) is 2.38. The standard InChI is InChI=1S/C13H19N3O2/c1-2-11(13(14)18)15-9-12(17)16-8-10-6-4-3-5-7-10/h3-7,11,15H,2,8-9H2,1H3,(H2,14,18)(H,16,17). The van der Waals surface area contributed by atoms with E-state index in [4.69, 9.17) is 5.73 Å². The molecule has 1 unspecified atom stereocenters. The van der Waals surface area contributed by atoms with Crippen molar-refractivity contribution in [3.8, 4) is 0 Å². The van der Waals surface area contributed by atoms with Crippen molar-refractivity contribution < 1.29 is 9.59 Å². The Balaban J connectivity index is 2.28. The van der Waals surface area contributed by atoms with Crippen LogP contribution in [0, 0.1) is 0 Å². The number of nitrogens with two attached hydrogens (primary N) is 1.